The van der Waals surface area contributed by atoms with Gasteiger partial charge in [0.1, 0.15) is 0 Å². The molecular formula is C21H18F4. The fourth-order valence-electron chi connectivity index (χ4n) is 4.06. The fourth-order valence-corrected chi connectivity index (χ4v) is 4.06. The second kappa shape index (κ2) is 6.01. The molecule has 4 rings (SSSR count). The smallest absolute Gasteiger partial charge is 0.167 e. The van der Waals surface area contributed by atoms with E-state index in [0.29, 0.717) is 22.3 Å². The molecule has 0 aromatic heterocycles. The highest BCUT2D eigenvalue weighted by Crippen LogP contribution is 2.40. The highest BCUT2D eigenvalue weighted by Gasteiger charge is 2.26. The number of hydrogen-bond donors (Lipinski definition) is 0. The maximum absolute atomic E-state index is 14.9. The Kier molecular flexibility index (Phi) is 3.94. The average molecular weight is 346 g/mol. The summed E-state index contributed by atoms with van der Waals surface area (Å²) in [6.07, 6.45) is 3.61. The lowest BCUT2D eigenvalue weighted by Gasteiger charge is -2.27. The standard InChI is InChI=1S/C21H18F4/c1-11-2-4-12(5-3-11)15-10-14-7-6-13-8-9-16(22)20(24)17(13)18(14)21(25)19(15)23/h6-12H,2-5H2,1H3. The number of benzene rings is 3. The van der Waals surface area contributed by atoms with Gasteiger partial charge in [-0.25, -0.2) is 17.6 Å². The number of halogens is 4. The minimum absolute atomic E-state index is 0.0249. The van der Waals surface area contributed by atoms with Crippen LogP contribution >= 0.6 is 0 Å². The predicted octanol–water partition coefficient (Wildman–Crippen LogP) is 6.84. The molecule has 0 bridgehead atoms. The van der Waals surface area contributed by atoms with Crippen molar-refractivity contribution < 1.29 is 17.6 Å². The number of hydrogen-bond acceptors (Lipinski definition) is 0. The largest absolute Gasteiger partial charge is 0.204 e. The summed E-state index contributed by atoms with van der Waals surface area (Å²) in [6, 6.07) is 7.24. The molecule has 130 valence electrons. The van der Waals surface area contributed by atoms with E-state index in [1.54, 1.807) is 18.2 Å². The zero-order valence-corrected chi connectivity index (χ0v) is 13.9. The SMILES string of the molecule is CC1CCC(c2cc3ccc4ccc(F)c(F)c4c3c(F)c2F)CC1. The molecule has 0 unspecified atom stereocenters. The first-order valence-electron chi connectivity index (χ1n) is 8.65. The van der Waals surface area contributed by atoms with Gasteiger partial charge in [-0.05, 0) is 53.1 Å². The van der Waals surface area contributed by atoms with Crippen LogP contribution in [0.4, 0.5) is 17.6 Å². The third-order valence-electron chi connectivity index (χ3n) is 5.54. The Morgan fingerprint density at radius 3 is 2.04 bits per heavy atom. The van der Waals surface area contributed by atoms with Gasteiger partial charge in [0.05, 0.1) is 0 Å². The van der Waals surface area contributed by atoms with Crippen molar-refractivity contribution in [3.8, 4) is 0 Å². The van der Waals surface area contributed by atoms with Crippen molar-refractivity contribution >= 4 is 21.5 Å². The number of rotatable bonds is 1. The molecule has 3 aromatic rings. The van der Waals surface area contributed by atoms with Crippen molar-refractivity contribution in [2.45, 2.75) is 38.5 Å². The first-order valence-corrected chi connectivity index (χ1v) is 8.65. The third kappa shape index (κ3) is 2.59. The molecule has 0 nitrogen and oxygen atoms in total. The van der Waals surface area contributed by atoms with Gasteiger partial charge in [-0.3, -0.25) is 0 Å². The molecule has 25 heavy (non-hydrogen) atoms. The van der Waals surface area contributed by atoms with Gasteiger partial charge in [-0.2, -0.15) is 0 Å². The molecule has 0 N–H and O–H groups in total. The van der Waals surface area contributed by atoms with E-state index >= 15 is 0 Å². The molecule has 0 heterocycles. The van der Waals surface area contributed by atoms with Crippen LogP contribution in [0.1, 0.15) is 44.1 Å². The van der Waals surface area contributed by atoms with Crippen molar-refractivity contribution in [1.29, 1.82) is 0 Å². The summed E-state index contributed by atoms with van der Waals surface area (Å²) in [6.45, 7) is 2.16. The number of fused-ring (bicyclic) bond motifs is 3. The van der Waals surface area contributed by atoms with Crippen LogP contribution in [0.15, 0.2) is 30.3 Å². The highest BCUT2D eigenvalue weighted by atomic mass is 19.2. The van der Waals surface area contributed by atoms with Gasteiger partial charge < -0.3 is 0 Å². The summed E-state index contributed by atoms with van der Waals surface area (Å²) in [5.41, 5.74) is 0.355. The van der Waals surface area contributed by atoms with Crippen molar-refractivity contribution in [2.24, 2.45) is 5.92 Å². The first-order chi connectivity index (χ1) is 12.0. The molecule has 1 aliphatic carbocycles. The van der Waals surface area contributed by atoms with Crippen molar-refractivity contribution in [1.82, 2.24) is 0 Å². The van der Waals surface area contributed by atoms with Crippen LogP contribution in [-0.4, -0.2) is 0 Å². The molecule has 1 fully saturated rings. The zero-order valence-electron chi connectivity index (χ0n) is 13.9. The molecule has 4 heteroatoms. The Labute approximate surface area is 143 Å². The lowest BCUT2D eigenvalue weighted by atomic mass is 9.78. The second-order valence-electron chi connectivity index (χ2n) is 7.17. The Morgan fingerprint density at radius 2 is 1.32 bits per heavy atom. The normalized spacial score (nSPS) is 21.2. The monoisotopic (exact) mass is 346 g/mol. The van der Waals surface area contributed by atoms with Gasteiger partial charge >= 0.3 is 0 Å². The van der Waals surface area contributed by atoms with E-state index < -0.39 is 23.3 Å². The van der Waals surface area contributed by atoms with Crippen LogP contribution in [0.2, 0.25) is 0 Å². The predicted molar refractivity (Wildman–Crippen MR) is 91.7 cm³/mol. The average Bonchev–Trinajstić information content (AvgIpc) is 2.61. The minimum atomic E-state index is -1.14. The highest BCUT2D eigenvalue weighted by molar-refractivity contribution is 6.08. The zero-order chi connectivity index (χ0) is 17.7. The van der Waals surface area contributed by atoms with E-state index in [2.05, 4.69) is 6.92 Å². The van der Waals surface area contributed by atoms with Gasteiger partial charge in [0.25, 0.3) is 0 Å². The maximum Gasteiger partial charge on any atom is 0.167 e. The van der Waals surface area contributed by atoms with Crippen LogP contribution in [0.25, 0.3) is 21.5 Å². The van der Waals surface area contributed by atoms with Gasteiger partial charge in [-0.1, -0.05) is 38.0 Å². The van der Waals surface area contributed by atoms with Crippen molar-refractivity contribution in [3.05, 3.63) is 59.2 Å². The summed E-state index contributed by atoms with van der Waals surface area (Å²) >= 11 is 0. The Bertz CT molecular complexity index is 969. The van der Waals surface area contributed by atoms with Crippen LogP contribution in [0.5, 0.6) is 0 Å². The summed E-state index contributed by atoms with van der Waals surface area (Å²) in [5, 5.41) is 0.381. The lowest BCUT2D eigenvalue weighted by Crippen LogP contribution is -2.13. The van der Waals surface area contributed by atoms with Gasteiger partial charge in [-0.15, -0.1) is 0 Å². The van der Waals surface area contributed by atoms with E-state index in [1.165, 1.54) is 6.07 Å². The summed E-state index contributed by atoms with van der Waals surface area (Å²) in [5.74, 6) is -3.64. The van der Waals surface area contributed by atoms with Crippen LogP contribution in [-0.2, 0) is 0 Å². The van der Waals surface area contributed by atoms with E-state index in [1.807, 2.05) is 0 Å². The van der Waals surface area contributed by atoms with E-state index in [4.69, 9.17) is 0 Å². The van der Waals surface area contributed by atoms with Gasteiger partial charge in [0.2, 0.25) is 0 Å². The molecule has 1 aliphatic rings. The summed E-state index contributed by atoms with van der Waals surface area (Å²) in [7, 11) is 0. The Balaban J connectivity index is 1.97. The van der Waals surface area contributed by atoms with Crippen molar-refractivity contribution in [3.63, 3.8) is 0 Å². The third-order valence-corrected chi connectivity index (χ3v) is 5.54. The second-order valence-corrected chi connectivity index (χ2v) is 7.17. The summed E-state index contributed by atoms with van der Waals surface area (Å²) < 4.78 is 57.5. The van der Waals surface area contributed by atoms with E-state index in [0.717, 1.165) is 31.7 Å². The van der Waals surface area contributed by atoms with Crippen molar-refractivity contribution in [2.75, 3.05) is 0 Å². The Morgan fingerprint density at radius 1 is 0.720 bits per heavy atom. The molecule has 0 radical (unpaired) electrons. The minimum Gasteiger partial charge on any atom is -0.204 e. The molecule has 0 amide bonds. The molecule has 0 spiro atoms. The fraction of sp³-hybridized carbons (Fsp3) is 0.333. The molecule has 3 aromatic carbocycles. The molecule has 0 atom stereocenters. The molecule has 1 saturated carbocycles. The van der Waals surface area contributed by atoms with Gasteiger partial charge in [0, 0.05) is 10.8 Å². The van der Waals surface area contributed by atoms with Crippen LogP contribution < -0.4 is 0 Å². The van der Waals surface area contributed by atoms with E-state index in [9.17, 15) is 17.6 Å². The lowest BCUT2D eigenvalue weighted by molar-refractivity contribution is 0.340. The van der Waals surface area contributed by atoms with Crippen LogP contribution in [0, 0.1) is 29.2 Å². The Hall–Kier alpha value is -2.10. The molecule has 0 saturated heterocycles. The quantitative estimate of drug-likeness (QED) is 0.334. The maximum atomic E-state index is 14.9. The molecule has 0 aliphatic heterocycles. The molecular weight excluding hydrogens is 328 g/mol. The van der Waals surface area contributed by atoms with Gasteiger partial charge in [0.15, 0.2) is 23.3 Å². The topological polar surface area (TPSA) is 0 Å². The van der Waals surface area contributed by atoms with Crippen LogP contribution in [0.3, 0.4) is 0 Å². The summed E-state index contributed by atoms with van der Waals surface area (Å²) in [4.78, 5) is 0. The first kappa shape index (κ1) is 16.4. The van der Waals surface area contributed by atoms with E-state index in [-0.39, 0.29) is 16.7 Å².